The molecule has 0 bridgehead atoms. The number of nitrogens with one attached hydrogen (secondary N) is 1. The maximum absolute atomic E-state index is 10.9. The van der Waals surface area contributed by atoms with Crippen molar-refractivity contribution in [3.8, 4) is 5.69 Å². The molecule has 1 aromatic carbocycles. The Hall–Kier alpha value is -2.02. The fraction of sp³-hybridized carbons (Fsp3) is 0. The van der Waals surface area contributed by atoms with Crippen LogP contribution in [0.5, 0.6) is 0 Å². The van der Waals surface area contributed by atoms with Gasteiger partial charge in [-0.15, -0.1) is 4.74 Å². The summed E-state index contributed by atoms with van der Waals surface area (Å²) < 4.78 is 26.8. The lowest BCUT2D eigenvalue weighted by Crippen LogP contribution is -1.95. The third-order valence-electron chi connectivity index (χ3n) is 1.72. The van der Waals surface area contributed by atoms with Gasteiger partial charge in [-0.25, -0.2) is 4.79 Å². The Balaban J connectivity index is 2.87. The molecule has 0 atom stereocenters. The highest BCUT2D eigenvalue weighted by Crippen LogP contribution is 2.04. The molecule has 0 fully saturated rings. The highest BCUT2D eigenvalue weighted by atomic mass is 32.2. The van der Waals surface area contributed by atoms with Gasteiger partial charge in [0.25, 0.3) is 15.1 Å². The maximum atomic E-state index is 10.9. The number of H-pyrrole nitrogens is 1. The summed E-state index contributed by atoms with van der Waals surface area (Å²) in [5.41, 5.74) is 0.454. The second-order valence-corrected chi connectivity index (χ2v) is 3.53. The Labute approximate surface area is 84.9 Å². The average molecular weight is 226 g/mol. The fourth-order valence-corrected chi connectivity index (χ4v) is 1.57. The topological polar surface area (TPSA) is 85.1 Å². The molecule has 0 aliphatic heterocycles. The van der Waals surface area contributed by atoms with Crippen LogP contribution in [0, 0.1) is 4.77 Å². The first-order valence-corrected chi connectivity index (χ1v) is 5.06. The van der Waals surface area contributed by atoms with E-state index in [-0.39, 0.29) is 4.77 Å². The van der Waals surface area contributed by atoms with Crippen LogP contribution in [0.1, 0.15) is 0 Å². The molecule has 0 amide bonds. The summed E-state index contributed by atoms with van der Waals surface area (Å²) in [6.45, 7) is 0. The molecule has 0 radical (unpaired) electrons. The minimum Gasteiger partial charge on any atom is -0.314 e. The molecule has 1 heterocycles. The van der Waals surface area contributed by atoms with Gasteiger partial charge in [0, 0.05) is 0 Å². The number of para-hydroxylation sites is 1. The molecule has 78 valence electrons. The predicted molar refractivity (Wildman–Crippen MR) is 50.8 cm³/mol. The van der Waals surface area contributed by atoms with E-state index in [9.17, 15) is 13.2 Å². The Kier molecular flexibility index (Phi) is 2.30. The number of rotatable bonds is 1. The maximum Gasteiger partial charge on any atom is 0.438 e. The summed E-state index contributed by atoms with van der Waals surface area (Å²) in [6, 6.07) is 8.41. The summed E-state index contributed by atoms with van der Waals surface area (Å²) in [5, 5.41) is 0. The second-order valence-electron chi connectivity index (χ2n) is 2.67. The van der Waals surface area contributed by atoms with Gasteiger partial charge in [0.05, 0.1) is 5.69 Å². The third kappa shape index (κ3) is 1.77. The molecule has 1 aromatic heterocycles. The van der Waals surface area contributed by atoms with Crippen LogP contribution < -0.4 is 5.76 Å². The lowest BCUT2D eigenvalue weighted by atomic mass is 10.3. The van der Waals surface area contributed by atoms with Crippen molar-refractivity contribution in [1.29, 1.82) is 0 Å². The Morgan fingerprint density at radius 1 is 1.20 bits per heavy atom. The van der Waals surface area contributed by atoms with E-state index in [0.29, 0.717) is 5.69 Å². The van der Waals surface area contributed by atoms with Crippen molar-refractivity contribution in [2.75, 3.05) is 0 Å². The minimum atomic E-state index is -2.56. The van der Waals surface area contributed by atoms with Gasteiger partial charge >= 0.3 is 5.76 Å². The zero-order valence-corrected chi connectivity index (χ0v) is 8.19. The van der Waals surface area contributed by atoms with Gasteiger partial charge in [0.2, 0.25) is 0 Å². The van der Waals surface area contributed by atoms with Crippen LogP contribution in [0.3, 0.4) is 0 Å². The van der Waals surface area contributed by atoms with Crippen LogP contribution >= 0.6 is 0 Å². The van der Waals surface area contributed by atoms with Gasteiger partial charge in [-0.3, -0.25) is 4.98 Å². The number of hydrogen-bond acceptors (Lipinski definition) is 4. The van der Waals surface area contributed by atoms with Crippen molar-refractivity contribution in [1.82, 2.24) is 9.72 Å². The Morgan fingerprint density at radius 3 is 2.47 bits per heavy atom. The molecular weight excluding hydrogens is 220 g/mol. The monoisotopic (exact) mass is 226 g/mol. The summed E-state index contributed by atoms with van der Waals surface area (Å²) in [5.74, 6) is -0.821. The van der Waals surface area contributed by atoms with E-state index in [2.05, 4.69) is 9.51 Å². The van der Waals surface area contributed by atoms with Gasteiger partial charge in [0.1, 0.15) is 0 Å². The molecule has 0 saturated heterocycles. The highest BCUT2D eigenvalue weighted by Gasteiger charge is 2.03. The summed E-state index contributed by atoms with van der Waals surface area (Å²) >= 11 is 0. The van der Waals surface area contributed by atoms with Gasteiger partial charge in [0.15, 0.2) is 0 Å². The zero-order valence-electron chi connectivity index (χ0n) is 7.38. The van der Waals surface area contributed by atoms with E-state index >= 15 is 0 Å². The van der Waals surface area contributed by atoms with Crippen molar-refractivity contribution < 1.29 is 12.9 Å². The number of hydrogen-bond donors (Lipinski definition) is 1. The fourth-order valence-electron chi connectivity index (χ4n) is 1.13. The van der Waals surface area contributed by atoms with Crippen LogP contribution in [0.15, 0.2) is 39.6 Å². The van der Waals surface area contributed by atoms with Crippen LogP contribution in [-0.2, 0) is 10.3 Å². The molecule has 0 unspecified atom stereocenters. The standard InChI is InChI=1S/C8H6N2O4S/c11-8-9-7(15(12)13)10(14-8)6-4-2-1-3-5-6/h1-5H,(H,9,11). The largest absolute Gasteiger partial charge is 0.438 e. The number of aromatic amines is 1. The lowest BCUT2D eigenvalue weighted by Gasteiger charge is -1.95. The molecule has 0 aliphatic carbocycles. The first-order chi connectivity index (χ1) is 7.18. The van der Waals surface area contributed by atoms with Crippen LogP contribution in [-0.4, -0.2) is 18.1 Å². The molecule has 0 saturated carbocycles. The molecule has 7 heteroatoms. The molecule has 0 spiro atoms. The summed E-state index contributed by atoms with van der Waals surface area (Å²) in [6.07, 6.45) is 0. The van der Waals surface area contributed by atoms with Crippen molar-refractivity contribution >= 4 is 10.3 Å². The van der Waals surface area contributed by atoms with Crippen molar-refractivity contribution in [3.05, 3.63) is 45.7 Å². The highest BCUT2D eigenvalue weighted by molar-refractivity contribution is 7.63. The molecule has 1 N–H and O–H groups in total. The van der Waals surface area contributed by atoms with E-state index < -0.39 is 16.0 Å². The van der Waals surface area contributed by atoms with Crippen molar-refractivity contribution in [3.63, 3.8) is 0 Å². The lowest BCUT2D eigenvalue weighted by molar-refractivity contribution is 0.318. The van der Waals surface area contributed by atoms with E-state index in [0.717, 1.165) is 4.74 Å². The summed E-state index contributed by atoms with van der Waals surface area (Å²) in [7, 11) is -2.56. The van der Waals surface area contributed by atoms with Crippen LogP contribution in [0.25, 0.3) is 5.69 Å². The number of benzene rings is 1. The summed E-state index contributed by atoms with van der Waals surface area (Å²) in [4.78, 5) is 12.9. The molecular formula is C8H6N2O4S. The van der Waals surface area contributed by atoms with Crippen molar-refractivity contribution in [2.24, 2.45) is 0 Å². The zero-order chi connectivity index (χ0) is 10.8. The van der Waals surface area contributed by atoms with E-state index in [1.165, 1.54) is 0 Å². The SMILES string of the molecule is O=c1[nH]c(=S(=O)=O)n(-c2ccccc2)o1. The molecule has 6 nitrogen and oxygen atoms in total. The molecule has 15 heavy (non-hydrogen) atoms. The quantitative estimate of drug-likeness (QED) is 0.702. The van der Waals surface area contributed by atoms with Gasteiger partial charge in [-0.2, -0.15) is 8.42 Å². The Bertz CT molecular complexity index is 682. The average Bonchev–Trinajstić information content (AvgIpc) is 2.62. The minimum absolute atomic E-state index is 0.314. The van der Waals surface area contributed by atoms with E-state index in [4.69, 9.17) is 0 Å². The Morgan fingerprint density at radius 2 is 1.87 bits per heavy atom. The van der Waals surface area contributed by atoms with Gasteiger partial charge in [-0.1, -0.05) is 18.2 Å². The van der Waals surface area contributed by atoms with E-state index in [1.807, 2.05) is 0 Å². The van der Waals surface area contributed by atoms with Gasteiger partial charge < -0.3 is 4.52 Å². The molecule has 2 aromatic rings. The normalized spacial score (nSPS) is 10.1. The molecule has 0 aliphatic rings. The predicted octanol–water partition coefficient (Wildman–Crippen LogP) is 0.170. The first-order valence-electron chi connectivity index (χ1n) is 3.99. The smallest absolute Gasteiger partial charge is 0.314 e. The van der Waals surface area contributed by atoms with Crippen molar-refractivity contribution in [2.45, 2.75) is 0 Å². The van der Waals surface area contributed by atoms with Crippen LogP contribution in [0.4, 0.5) is 0 Å². The first kappa shape index (κ1) is 9.53. The number of nitrogens with zero attached hydrogens (tertiary/aromatic N) is 1. The van der Waals surface area contributed by atoms with Crippen LogP contribution in [0.2, 0.25) is 0 Å². The second kappa shape index (κ2) is 3.62. The van der Waals surface area contributed by atoms with E-state index in [1.54, 1.807) is 30.3 Å². The van der Waals surface area contributed by atoms with Gasteiger partial charge in [-0.05, 0) is 12.1 Å². The third-order valence-corrected chi connectivity index (χ3v) is 2.30. The molecule has 2 rings (SSSR count). The number of aromatic nitrogens is 2.